The molecule has 0 saturated heterocycles. The van der Waals surface area contributed by atoms with Crippen molar-refractivity contribution in [1.82, 2.24) is 0 Å². The normalized spacial score (nSPS) is 9.50. The van der Waals surface area contributed by atoms with Gasteiger partial charge in [0.1, 0.15) is 5.82 Å². The zero-order valence-electron chi connectivity index (χ0n) is 6.48. The van der Waals surface area contributed by atoms with Crippen molar-refractivity contribution in [2.24, 2.45) is 0 Å². The van der Waals surface area contributed by atoms with Crippen LogP contribution in [0.4, 0.5) is 4.39 Å². The third-order valence-electron chi connectivity index (χ3n) is 1.55. The van der Waals surface area contributed by atoms with E-state index in [4.69, 9.17) is 0 Å². The second kappa shape index (κ2) is 3.68. The Labute approximate surface area is 79.5 Å². The summed E-state index contributed by atoms with van der Waals surface area (Å²) in [4.78, 5) is 0. The van der Waals surface area contributed by atoms with Gasteiger partial charge in [0.05, 0.1) is 0 Å². The number of hydrogen-bond donors (Lipinski definition) is 0. The van der Waals surface area contributed by atoms with E-state index in [1.165, 1.54) is 12.1 Å². The summed E-state index contributed by atoms with van der Waals surface area (Å²) in [6.45, 7) is 7.11. The molecule has 1 rings (SSSR count). The Morgan fingerprint density at radius 2 is 1.92 bits per heavy atom. The summed E-state index contributed by atoms with van der Waals surface area (Å²) in [5, 5.41) is 0. The summed E-state index contributed by atoms with van der Waals surface area (Å²) in [5.74, 6) is -0.283. The molecule has 0 saturated carbocycles. The van der Waals surface area contributed by atoms with Crippen LogP contribution in [0.1, 0.15) is 11.1 Å². The molecule has 0 aliphatic carbocycles. The molecule has 2 heteroatoms. The van der Waals surface area contributed by atoms with E-state index < -0.39 is 0 Å². The lowest BCUT2D eigenvalue weighted by Gasteiger charge is -2.02. The van der Waals surface area contributed by atoms with Crippen LogP contribution in [0.2, 0.25) is 0 Å². The van der Waals surface area contributed by atoms with Gasteiger partial charge in [-0.05, 0) is 17.7 Å². The van der Waals surface area contributed by atoms with Gasteiger partial charge < -0.3 is 0 Å². The monoisotopic (exact) mass is 226 g/mol. The van der Waals surface area contributed by atoms with Crippen LogP contribution in [0.5, 0.6) is 0 Å². The van der Waals surface area contributed by atoms with Gasteiger partial charge in [0.15, 0.2) is 0 Å². The summed E-state index contributed by atoms with van der Waals surface area (Å²) < 4.78 is 13.9. The van der Waals surface area contributed by atoms with Gasteiger partial charge in [-0.1, -0.05) is 41.2 Å². The Morgan fingerprint density at radius 1 is 1.25 bits per heavy atom. The predicted octanol–water partition coefficient (Wildman–Crippen LogP) is 3.87. The molecule has 0 aliphatic rings. The Morgan fingerprint density at radius 3 is 2.42 bits per heavy atom. The Balaban J connectivity index is 3.43. The first-order valence-corrected chi connectivity index (χ1v) is 4.22. The van der Waals surface area contributed by atoms with Crippen molar-refractivity contribution in [3.05, 3.63) is 46.7 Å². The number of benzene rings is 1. The highest BCUT2D eigenvalue weighted by molar-refractivity contribution is 9.10. The van der Waals surface area contributed by atoms with Gasteiger partial charge in [0.2, 0.25) is 0 Å². The summed E-state index contributed by atoms with van der Waals surface area (Å²) in [6.07, 6.45) is 3.09. The molecule has 62 valence electrons. The molecule has 0 spiro atoms. The molecule has 0 nitrogen and oxygen atoms in total. The highest BCUT2D eigenvalue weighted by Crippen LogP contribution is 2.22. The van der Waals surface area contributed by atoms with Gasteiger partial charge in [-0.25, -0.2) is 4.39 Å². The largest absolute Gasteiger partial charge is 0.206 e. The molecule has 0 unspecified atom stereocenters. The maximum absolute atomic E-state index is 13.1. The van der Waals surface area contributed by atoms with Gasteiger partial charge >= 0.3 is 0 Å². The average Bonchev–Trinajstić information content (AvgIpc) is 2.03. The lowest BCUT2D eigenvalue weighted by atomic mass is 10.1. The van der Waals surface area contributed by atoms with Crippen LogP contribution in [-0.4, -0.2) is 0 Å². The SMILES string of the molecule is C=Cc1cc(Br)cc(F)c1C=C. The Bertz CT molecular complexity index is 329. The highest BCUT2D eigenvalue weighted by atomic mass is 79.9. The average molecular weight is 227 g/mol. The van der Waals surface area contributed by atoms with E-state index >= 15 is 0 Å². The standard InChI is InChI=1S/C10H8BrF/c1-3-7-5-8(11)6-10(12)9(7)4-2/h3-6H,1-2H2. The fourth-order valence-electron chi connectivity index (χ4n) is 0.989. The smallest absolute Gasteiger partial charge is 0.132 e. The third-order valence-corrected chi connectivity index (χ3v) is 2.01. The van der Waals surface area contributed by atoms with E-state index in [2.05, 4.69) is 29.1 Å². The molecule has 0 amide bonds. The van der Waals surface area contributed by atoms with E-state index in [9.17, 15) is 4.39 Å². The van der Waals surface area contributed by atoms with Crippen LogP contribution >= 0.6 is 15.9 Å². The van der Waals surface area contributed by atoms with Crippen LogP contribution in [0.15, 0.2) is 29.8 Å². The highest BCUT2D eigenvalue weighted by Gasteiger charge is 2.03. The van der Waals surface area contributed by atoms with Gasteiger partial charge in [-0.3, -0.25) is 0 Å². The summed E-state index contributed by atoms with van der Waals surface area (Å²) in [7, 11) is 0. The summed E-state index contributed by atoms with van der Waals surface area (Å²) in [5.41, 5.74) is 1.24. The van der Waals surface area contributed by atoms with E-state index in [0.29, 0.717) is 10.0 Å². The van der Waals surface area contributed by atoms with Gasteiger partial charge in [-0.2, -0.15) is 0 Å². The lowest BCUT2D eigenvalue weighted by Crippen LogP contribution is -1.86. The van der Waals surface area contributed by atoms with E-state index in [0.717, 1.165) is 5.56 Å². The quantitative estimate of drug-likeness (QED) is 0.719. The lowest BCUT2D eigenvalue weighted by molar-refractivity contribution is 0.624. The van der Waals surface area contributed by atoms with E-state index in [-0.39, 0.29) is 5.82 Å². The molecule has 0 N–H and O–H groups in total. The van der Waals surface area contributed by atoms with Crippen molar-refractivity contribution < 1.29 is 4.39 Å². The Kier molecular flexibility index (Phi) is 2.82. The first-order valence-electron chi connectivity index (χ1n) is 3.43. The van der Waals surface area contributed by atoms with Gasteiger partial charge in [-0.15, -0.1) is 0 Å². The van der Waals surface area contributed by atoms with E-state index in [1.807, 2.05) is 0 Å². The molecule has 0 aromatic heterocycles. The van der Waals surface area contributed by atoms with Crippen LogP contribution in [0.3, 0.4) is 0 Å². The Hall–Kier alpha value is -0.890. The summed E-state index contributed by atoms with van der Waals surface area (Å²) >= 11 is 3.20. The molecular weight excluding hydrogens is 219 g/mol. The zero-order valence-corrected chi connectivity index (χ0v) is 8.07. The number of rotatable bonds is 2. The molecule has 0 radical (unpaired) electrons. The first-order chi connectivity index (χ1) is 5.69. The van der Waals surface area contributed by atoms with E-state index in [1.54, 1.807) is 12.1 Å². The van der Waals surface area contributed by atoms with Crippen molar-refractivity contribution >= 4 is 28.1 Å². The van der Waals surface area contributed by atoms with Crippen LogP contribution < -0.4 is 0 Å². The minimum Gasteiger partial charge on any atom is -0.206 e. The fourth-order valence-corrected chi connectivity index (χ4v) is 1.44. The predicted molar refractivity (Wildman–Crippen MR) is 54.3 cm³/mol. The van der Waals surface area contributed by atoms with Crippen LogP contribution in [-0.2, 0) is 0 Å². The van der Waals surface area contributed by atoms with Crippen molar-refractivity contribution in [3.8, 4) is 0 Å². The fraction of sp³-hybridized carbons (Fsp3) is 0. The zero-order chi connectivity index (χ0) is 9.14. The second-order valence-electron chi connectivity index (χ2n) is 2.30. The summed E-state index contributed by atoms with van der Waals surface area (Å²) in [6, 6.07) is 3.21. The maximum Gasteiger partial charge on any atom is 0.132 e. The van der Waals surface area contributed by atoms with Crippen LogP contribution in [0, 0.1) is 5.82 Å². The molecule has 0 fully saturated rings. The third kappa shape index (κ3) is 1.64. The number of halogens is 2. The van der Waals surface area contributed by atoms with Crippen molar-refractivity contribution in [1.29, 1.82) is 0 Å². The topological polar surface area (TPSA) is 0 Å². The first kappa shape index (κ1) is 9.20. The van der Waals surface area contributed by atoms with Crippen LogP contribution in [0.25, 0.3) is 12.2 Å². The minimum atomic E-state index is -0.283. The minimum absolute atomic E-state index is 0.283. The molecule has 0 heterocycles. The van der Waals surface area contributed by atoms with Crippen molar-refractivity contribution in [3.63, 3.8) is 0 Å². The molecule has 1 aromatic rings. The molecule has 0 atom stereocenters. The molecular formula is C10H8BrF. The van der Waals surface area contributed by atoms with Gasteiger partial charge in [0.25, 0.3) is 0 Å². The molecule has 0 bridgehead atoms. The second-order valence-corrected chi connectivity index (χ2v) is 3.21. The molecule has 12 heavy (non-hydrogen) atoms. The molecule has 0 aliphatic heterocycles. The maximum atomic E-state index is 13.1. The van der Waals surface area contributed by atoms with Crippen molar-refractivity contribution in [2.75, 3.05) is 0 Å². The van der Waals surface area contributed by atoms with Gasteiger partial charge in [0, 0.05) is 10.0 Å². The molecule has 1 aromatic carbocycles. The van der Waals surface area contributed by atoms with Crippen molar-refractivity contribution in [2.45, 2.75) is 0 Å². The number of hydrogen-bond acceptors (Lipinski definition) is 0.